The molecular weight excluding hydrogens is 353 g/mol. The lowest BCUT2D eigenvalue weighted by molar-refractivity contribution is 1.39. The molecule has 0 aliphatic rings. The Bertz CT molecular complexity index is 647. The van der Waals surface area contributed by atoms with E-state index in [0.29, 0.717) is 0 Å². The summed E-state index contributed by atoms with van der Waals surface area (Å²) in [5.74, 6) is 0. The zero-order valence-electron chi connectivity index (χ0n) is 9.51. The first-order chi connectivity index (χ1) is 8.84. The van der Waals surface area contributed by atoms with Crippen molar-refractivity contribution in [2.24, 2.45) is 0 Å². The molecule has 0 aliphatic heterocycles. The standard InChI is InChI=1S/C15H10INS/c16-14-13(11-7-3-1-4-8-11)17-15(18-14)12-9-5-2-6-10-12/h1-10H. The van der Waals surface area contributed by atoms with Crippen molar-refractivity contribution in [3.05, 3.63) is 63.5 Å². The van der Waals surface area contributed by atoms with E-state index in [4.69, 9.17) is 4.98 Å². The van der Waals surface area contributed by atoms with Gasteiger partial charge in [0.1, 0.15) is 5.01 Å². The lowest BCUT2D eigenvalue weighted by atomic mass is 10.2. The Kier molecular flexibility index (Phi) is 3.43. The van der Waals surface area contributed by atoms with Crippen LogP contribution in [-0.2, 0) is 0 Å². The highest BCUT2D eigenvalue weighted by molar-refractivity contribution is 14.1. The van der Waals surface area contributed by atoms with Crippen LogP contribution < -0.4 is 0 Å². The summed E-state index contributed by atoms with van der Waals surface area (Å²) in [6, 6.07) is 20.7. The molecule has 3 heteroatoms. The van der Waals surface area contributed by atoms with Crippen molar-refractivity contribution in [1.82, 2.24) is 4.98 Å². The van der Waals surface area contributed by atoms with Gasteiger partial charge in [-0.3, -0.25) is 0 Å². The third-order valence-corrected chi connectivity index (χ3v) is 4.72. The van der Waals surface area contributed by atoms with Crippen LogP contribution >= 0.6 is 33.9 Å². The molecule has 0 unspecified atom stereocenters. The monoisotopic (exact) mass is 363 g/mol. The normalized spacial score (nSPS) is 10.5. The zero-order chi connectivity index (χ0) is 12.4. The minimum absolute atomic E-state index is 1.08. The molecule has 0 saturated heterocycles. The van der Waals surface area contributed by atoms with Crippen molar-refractivity contribution in [1.29, 1.82) is 0 Å². The Morgan fingerprint density at radius 2 is 1.33 bits per heavy atom. The third-order valence-electron chi connectivity index (χ3n) is 2.65. The maximum absolute atomic E-state index is 4.76. The molecule has 0 fully saturated rings. The topological polar surface area (TPSA) is 12.9 Å². The van der Waals surface area contributed by atoms with E-state index in [2.05, 4.69) is 46.9 Å². The molecule has 2 aromatic carbocycles. The van der Waals surface area contributed by atoms with Crippen LogP contribution in [0.25, 0.3) is 21.8 Å². The number of nitrogens with zero attached hydrogens (tertiary/aromatic N) is 1. The van der Waals surface area contributed by atoms with Gasteiger partial charge in [-0.15, -0.1) is 11.3 Å². The van der Waals surface area contributed by atoms with Crippen LogP contribution in [0.5, 0.6) is 0 Å². The van der Waals surface area contributed by atoms with Gasteiger partial charge in [0, 0.05) is 11.1 Å². The minimum atomic E-state index is 1.08. The SMILES string of the molecule is Ic1sc(-c2ccccc2)nc1-c1ccccc1. The maximum atomic E-state index is 4.76. The van der Waals surface area contributed by atoms with Gasteiger partial charge >= 0.3 is 0 Å². The average molecular weight is 363 g/mol. The van der Waals surface area contributed by atoms with E-state index in [9.17, 15) is 0 Å². The summed E-state index contributed by atoms with van der Waals surface area (Å²) in [7, 11) is 0. The van der Waals surface area contributed by atoms with Gasteiger partial charge in [-0.1, -0.05) is 60.7 Å². The molecule has 0 bridgehead atoms. The highest BCUT2D eigenvalue weighted by Crippen LogP contribution is 2.34. The first-order valence-electron chi connectivity index (χ1n) is 5.62. The summed E-state index contributed by atoms with van der Waals surface area (Å²) in [5.41, 5.74) is 3.45. The van der Waals surface area contributed by atoms with E-state index in [1.807, 2.05) is 36.4 Å². The second kappa shape index (κ2) is 5.20. The van der Waals surface area contributed by atoms with Crippen LogP contribution in [0.3, 0.4) is 0 Å². The van der Waals surface area contributed by atoms with Crippen molar-refractivity contribution in [2.75, 3.05) is 0 Å². The lowest BCUT2D eigenvalue weighted by Crippen LogP contribution is -1.80. The van der Waals surface area contributed by atoms with E-state index in [0.717, 1.165) is 10.7 Å². The van der Waals surface area contributed by atoms with Gasteiger partial charge in [-0.25, -0.2) is 4.98 Å². The molecule has 0 atom stereocenters. The second-order valence-corrected chi connectivity index (χ2v) is 6.68. The minimum Gasteiger partial charge on any atom is -0.235 e. The van der Waals surface area contributed by atoms with Gasteiger partial charge in [-0.2, -0.15) is 0 Å². The molecule has 88 valence electrons. The predicted molar refractivity (Wildman–Crippen MR) is 85.7 cm³/mol. The lowest BCUT2D eigenvalue weighted by Gasteiger charge is -1.96. The molecule has 3 aromatic rings. The van der Waals surface area contributed by atoms with Gasteiger partial charge in [-0.05, 0) is 22.6 Å². The molecule has 18 heavy (non-hydrogen) atoms. The molecule has 1 heterocycles. The highest BCUT2D eigenvalue weighted by Gasteiger charge is 2.11. The Hall–Kier alpha value is -1.20. The third kappa shape index (κ3) is 2.33. The van der Waals surface area contributed by atoms with E-state index in [-0.39, 0.29) is 0 Å². The Balaban J connectivity index is 2.07. The number of hydrogen-bond acceptors (Lipinski definition) is 2. The summed E-state index contributed by atoms with van der Waals surface area (Å²) in [6.45, 7) is 0. The molecule has 3 rings (SSSR count). The summed E-state index contributed by atoms with van der Waals surface area (Å²) in [6.07, 6.45) is 0. The average Bonchev–Trinajstić information content (AvgIpc) is 2.83. The van der Waals surface area contributed by atoms with Crippen molar-refractivity contribution in [3.63, 3.8) is 0 Å². The molecule has 1 nitrogen and oxygen atoms in total. The van der Waals surface area contributed by atoms with Gasteiger partial charge < -0.3 is 0 Å². The summed E-state index contributed by atoms with van der Waals surface area (Å²) in [4.78, 5) is 4.76. The predicted octanol–water partition coefficient (Wildman–Crippen LogP) is 5.08. The van der Waals surface area contributed by atoms with Crippen LogP contribution in [0.1, 0.15) is 0 Å². The maximum Gasteiger partial charge on any atom is 0.125 e. The van der Waals surface area contributed by atoms with Crippen molar-refractivity contribution in [2.45, 2.75) is 0 Å². The molecule has 0 spiro atoms. The van der Waals surface area contributed by atoms with Crippen LogP contribution in [0, 0.1) is 2.88 Å². The number of hydrogen-bond donors (Lipinski definition) is 0. The van der Waals surface area contributed by atoms with E-state index < -0.39 is 0 Å². The molecular formula is C15H10INS. The molecule has 0 radical (unpaired) electrons. The zero-order valence-corrected chi connectivity index (χ0v) is 12.5. The van der Waals surface area contributed by atoms with Gasteiger partial charge in [0.05, 0.1) is 8.58 Å². The van der Waals surface area contributed by atoms with Crippen LogP contribution in [0.4, 0.5) is 0 Å². The smallest absolute Gasteiger partial charge is 0.125 e. The van der Waals surface area contributed by atoms with Gasteiger partial charge in [0.2, 0.25) is 0 Å². The van der Waals surface area contributed by atoms with E-state index in [1.165, 1.54) is 14.0 Å². The Labute approximate surface area is 124 Å². The van der Waals surface area contributed by atoms with Gasteiger partial charge in [0.25, 0.3) is 0 Å². The summed E-state index contributed by atoms with van der Waals surface area (Å²) < 4.78 is 1.23. The molecule has 0 saturated carbocycles. The largest absolute Gasteiger partial charge is 0.235 e. The van der Waals surface area contributed by atoms with Crippen molar-refractivity contribution in [3.8, 4) is 21.8 Å². The molecule has 0 aliphatic carbocycles. The van der Waals surface area contributed by atoms with Crippen molar-refractivity contribution >= 4 is 33.9 Å². The van der Waals surface area contributed by atoms with Crippen LogP contribution in [0.2, 0.25) is 0 Å². The fourth-order valence-electron chi connectivity index (χ4n) is 1.78. The summed E-state index contributed by atoms with van der Waals surface area (Å²) in [5, 5.41) is 1.08. The molecule has 0 N–H and O–H groups in total. The summed E-state index contributed by atoms with van der Waals surface area (Å²) >= 11 is 4.11. The fraction of sp³-hybridized carbons (Fsp3) is 0. The number of thiazole rings is 1. The van der Waals surface area contributed by atoms with E-state index in [1.54, 1.807) is 11.3 Å². The highest BCUT2D eigenvalue weighted by atomic mass is 127. The first kappa shape index (κ1) is 11.9. The quantitative estimate of drug-likeness (QED) is 0.579. The Morgan fingerprint density at radius 3 is 1.94 bits per heavy atom. The Morgan fingerprint density at radius 1 is 0.778 bits per heavy atom. The fourth-order valence-corrected chi connectivity index (χ4v) is 3.66. The molecule has 0 amide bonds. The first-order valence-corrected chi connectivity index (χ1v) is 7.51. The van der Waals surface area contributed by atoms with E-state index >= 15 is 0 Å². The number of aromatic nitrogens is 1. The van der Waals surface area contributed by atoms with Crippen LogP contribution in [-0.4, -0.2) is 4.98 Å². The van der Waals surface area contributed by atoms with Crippen molar-refractivity contribution < 1.29 is 0 Å². The number of halogens is 1. The number of rotatable bonds is 2. The molecule has 1 aromatic heterocycles. The number of benzene rings is 2. The van der Waals surface area contributed by atoms with Crippen LogP contribution in [0.15, 0.2) is 60.7 Å². The van der Waals surface area contributed by atoms with Gasteiger partial charge in [0.15, 0.2) is 0 Å². The second-order valence-electron chi connectivity index (χ2n) is 3.87.